The van der Waals surface area contributed by atoms with Crippen molar-refractivity contribution < 1.29 is 43.6 Å². The molecule has 1 aromatic heterocycles. The zero-order chi connectivity index (χ0) is 44.5. The van der Waals surface area contributed by atoms with Gasteiger partial charge in [-0.15, -0.1) is 0 Å². The summed E-state index contributed by atoms with van der Waals surface area (Å²) in [6, 6.07) is 17.2. The van der Waals surface area contributed by atoms with Gasteiger partial charge in [-0.25, -0.2) is 14.6 Å². The van der Waals surface area contributed by atoms with E-state index in [1.54, 1.807) is 52.9 Å². The number of urea groups is 1. The average molecular weight is 846 g/mol. The van der Waals surface area contributed by atoms with Crippen LogP contribution < -0.4 is 25.5 Å². The number of methoxy groups -OCH3 is 1. The highest BCUT2D eigenvalue weighted by molar-refractivity contribution is 5.88. The molecular weight excluding hydrogens is 783 g/mol. The number of hydrogen-bond acceptors (Lipinski definition) is 11. The summed E-state index contributed by atoms with van der Waals surface area (Å²) < 4.78 is 16.3. The largest absolute Gasteiger partial charge is 0.486 e. The summed E-state index contributed by atoms with van der Waals surface area (Å²) in [7, 11) is 1.22. The third-order valence-corrected chi connectivity index (χ3v) is 11.0. The van der Waals surface area contributed by atoms with Crippen LogP contribution in [0.5, 0.6) is 11.5 Å². The van der Waals surface area contributed by atoms with Crippen LogP contribution in [0, 0.1) is 11.3 Å². The fourth-order valence-electron chi connectivity index (χ4n) is 7.44. The molecule has 5 rings (SSSR count). The van der Waals surface area contributed by atoms with Gasteiger partial charge < -0.3 is 44.9 Å². The van der Waals surface area contributed by atoms with Gasteiger partial charge in [-0.1, -0.05) is 83.5 Å². The zero-order valence-electron chi connectivity index (χ0n) is 36.6. The molecule has 0 bridgehead atoms. The van der Waals surface area contributed by atoms with Gasteiger partial charge >= 0.3 is 12.1 Å². The van der Waals surface area contributed by atoms with Crippen LogP contribution >= 0.6 is 0 Å². The Morgan fingerprint density at radius 1 is 0.918 bits per heavy atom. The predicted molar refractivity (Wildman–Crippen MR) is 228 cm³/mol. The molecule has 0 radical (unpaired) electrons. The number of benzene rings is 2. The third-order valence-electron chi connectivity index (χ3n) is 11.0. The number of carbonyl (C=O) groups is 4. The summed E-state index contributed by atoms with van der Waals surface area (Å²) in [6.07, 6.45) is -1.18. The lowest BCUT2D eigenvalue weighted by atomic mass is 9.86. The van der Waals surface area contributed by atoms with Crippen LogP contribution in [0.25, 0.3) is 0 Å². The quantitative estimate of drug-likeness (QED) is 0.116. The van der Waals surface area contributed by atoms with Gasteiger partial charge in [0.25, 0.3) is 5.91 Å². The van der Waals surface area contributed by atoms with E-state index >= 15 is 0 Å². The molecule has 16 heteroatoms. The SMILES string of the molecule is CCC(C)C(C(=O)NC(Cc1ccccc1)C(O)CN(Cc1ccc2c(c1)OCCO2)NC(=O)C(NC(=O)OC)C(C)(C)C)N1CCN(Cc2cccc(C(C)(C)O)n2)C1=O. The lowest BCUT2D eigenvalue weighted by Crippen LogP contribution is -2.60. The fraction of sp³-hybridized carbons (Fsp3) is 0.533. The standard InChI is InChI=1S/C45H63N7O9/c1-9-29(2)38(52-21-20-50(43(52)57)27-32-16-13-17-37(46-32)45(6,7)58)40(54)47-33(24-30-14-11-10-12-15-30)34(53)28-51(26-31-18-19-35-36(25-31)61-23-22-60-35)49-41(55)39(44(3,4)5)48-42(56)59-8/h10-19,25,29,33-34,38-39,53,58H,9,20-24,26-28H2,1-8H3,(H,47,54)(H,48,56)(H,49,55). The molecule has 2 aliphatic heterocycles. The number of aliphatic hydroxyl groups excluding tert-OH is 1. The molecule has 5 amide bonds. The highest BCUT2D eigenvalue weighted by Crippen LogP contribution is 2.31. The van der Waals surface area contributed by atoms with Crippen molar-refractivity contribution in [3.8, 4) is 11.5 Å². The van der Waals surface area contributed by atoms with Gasteiger partial charge in [0.15, 0.2) is 11.5 Å². The van der Waals surface area contributed by atoms with E-state index in [-0.39, 0.29) is 38.0 Å². The number of amides is 5. The van der Waals surface area contributed by atoms with Gasteiger partial charge in [0, 0.05) is 26.2 Å². The highest BCUT2D eigenvalue weighted by Gasteiger charge is 2.41. The van der Waals surface area contributed by atoms with Crippen molar-refractivity contribution >= 4 is 23.9 Å². The Morgan fingerprint density at radius 2 is 1.62 bits per heavy atom. The van der Waals surface area contributed by atoms with E-state index in [1.807, 2.05) is 77.1 Å². The number of fused-ring (bicyclic) bond motifs is 1. The molecule has 2 aliphatic rings. The number of alkyl carbamates (subject to hydrolysis) is 1. The van der Waals surface area contributed by atoms with Crippen molar-refractivity contribution in [1.29, 1.82) is 0 Å². The highest BCUT2D eigenvalue weighted by atomic mass is 16.6. The number of hydrogen-bond donors (Lipinski definition) is 5. The summed E-state index contributed by atoms with van der Waals surface area (Å²) in [6.45, 7) is 14.3. The first-order valence-corrected chi connectivity index (χ1v) is 20.9. The Bertz CT molecular complexity index is 1970. The molecule has 0 aliphatic carbocycles. The van der Waals surface area contributed by atoms with Gasteiger partial charge in [0.05, 0.1) is 37.2 Å². The normalized spacial score (nSPS) is 16.7. The molecule has 3 aromatic rings. The Morgan fingerprint density at radius 3 is 2.28 bits per heavy atom. The second-order valence-corrected chi connectivity index (χ2v) is 17.4. The Hall–Kier alpha value is -5.45. The van der Waals surface area contributed by atoms with E-state index in [4.69, 9.17) is 14.2 Å². The topological polar surface area (TPSA) is 195 Å². The van der Waals surface area contributed by atoms with Crippen molar-refractivity contribution in [1.82, 2.24) is 35.9 Å². The summed E-state index contributed by atoms with van der Waals surface area (Å²) in [5, 5.41) is 30.0. The number of pyridine rings is 1. The molecule has 332 valence electrons. The summed E-state index contributed by atoms with van der Waals surface area (Å²) >= 11 is 0. The number of aromatic nitrogens is 1. The maximum atomic E-state index is 14.6. The summed E-state index contributed by atoms with van der Waals surface area (Å²) in [5.41, 5.74) is 3.75. The third kappa shape index (κ3) is 12.6. The number of nitrogens with one attached hydrogen (secondary N) is 3. The number of carbonyl (C=O) groups excluding carboxylic acids is 4. The molecule has 0 saturated carbocycles. The number of nitrogens with zero attached hydrogens (tertiary/aromatic N) is 4. The van der Waals surface area contributed by atoms with E-state index in [1.165, 1.54) is 7.11 Å². The number of ether oxygens (including phenoxy) is 3. The Kier molecular flexibility index (Phi) is 15.6. The van der Waals surface area contributed by atoms with E-state index < -0.39 is 53.2 Å². The second-order valence-electron chi connectivity index (χ2n) is 17.4. The van der Waals surface area contributed by atoms with Crippen LogP contribution in [0.1, 0.15) is 77.4 Å². The minimum Gasteiger partial charge on any atom is -0.486 e. The molecule has 5 unspecified atom stereocenters. The summed E-state index contributed by atoms with van der Waals surface area (Å²) in [5.74, 6) is -0.0442. The molecule has 5 atom stereocenters. The molecule has 1 saturated heterocycles. The monoisotopic (exact) mass is 845 g/mol. The molecule has 0 spiro atoms. The maximum absolute atomic E-state index is 14.6. The first-order chi connectivity index (χ1) is 28.9. The van der Waals surface area contributed by atoms with Gasteiger partial charge in [-0.2, -0.15) is 0 Å². The maximum Gasteiger partial charge on any atom is 0.407 e. The number of rotatable bonds is 18. The van der Waals surface area contributed by atoms with Crippen molar-refractivity contribution in [2.45, 2.75) is 104 Å². The minimum atomic E-state index is -1.25. The van der Waals surface area contributed by atoms with Crippen LogP contribution in [0.15, 0.2) is 66.7 Å². The first kappa shape index (κ1) is 46.6. The molecule has 5 N–H and O–H groups in total. The van der Waals surface area contributed by atoms with Crippen LogP contribution in [0.4, 0.5) is 9.59 Å². The zero-order valence-corrected chi connectivity index (χ0v) is 36.6. The minimum absolute atomic E-state index is 0.113. The van der Waals surface area contributed by atoms with Crippen LogP contribution in [0.2, 0.25) is 0 Å². The van der Waals surface area contributed by atoms with Crippen molar-refractivity contribution in [3.63, 3.8) is 0 Å². The lowest BCUT2D eigenvalue weighted by Gasteiger charge is -2.36. The van der Waals surface area contributed by atoms with Gasteiger partial charge in [-0.05, 0) is 67.0 Å². The van der Waals surface area contributed by atoms with Crippen LogP contribution in [0.3, 0.4) is 0 Å². The van der Waals surface area contributed by atoms with Gasteiger partial charge in [-0.3, -0.25) is 20.0 Å². The van der Waals surface area contributed by atoms with E-state index in [9.17, 15) is 29.4 Å². The average Bonchev–Trinajstić information content (AvgIpc) is 3.57. The molecule has 61 heavy (non-hydrogen) atoms. The Labute approximate surface area is 358 Å². The molecule has 3 heterocycles. The lowest BCUT2D eigenvalue weighted by molar-refractivity contribution is -0.132. The van der Waals surface area contributed by atoms with Crippen LogP contribution in [-0.2, 0) is 39.4 Å². The predicted octanol–water partition coefficient (Wildman–Crippen LogP) is 4.13. The van der Waals surface area contributed by atoms with Gasteiger partial charge in [0.1, 0.15) is 30.9 Å². The van der Waals surface area contributed by atoms with E-state index in [2.05, 4.69) is 21.0 Å². The molecular formula is C45H63N7O9. The Balaban J connectivity index is 1.41. The van der Waals surface area contributed by atoms with Crippen molar-refractivity contribution in [2.75, 3.05) is 40.0 Å². The van der Waals surface area contributed by atoms with Crippen molar-refractivity contribution in [2.24, 2.45) is 11.3 Å². The fourth-order valence-corrected chi connectivity index (χ4v) is 7.44. The van der Waals surface area contributed by atoms with E-state index in [0.717, 1.165) is 11.1 Å². The smallest absolute Gasteiger partial charge is 0.407 e. The molecule has 2 aromatic carbocycles. The number of aliphatic hydroxyl groups is 2. The first-order valence-electron chi connectivity index (χ1n) is 20.9. The van der Waals surface area contributed by atoms with Crippen LogP contribution in [-0.4, -0.2) is 118 Å². The molecule has 16 nitrogen and oxygen atoms in total. The second kappa shape index (κ2) is 20.4. The summed E-state index contributed by atoms with van der Waals surface area (Å²) in [4.78, 5) is 62.8. The molecule has 1 fully saturated rings. The number of hydrazine groups is 1. The van der Waals surface area contributed by atoms with Crippen molar-refractivity contribution in [3.05, 3.63) is 89.2 Å². The van der Waals surface area contributed by atoms with Gasteiger partial charge in [0.2, 0.25) is 5.91 Å². The van der Waals surface area contributed by atoms with E-state index in [0.29, 0.717) is 55.6 Å².